The Morgan fingerprint density at radius 3 is 2.79 bits per heavy atom. The van der Waals surface area contributed by atoms with Crippen molar-refractivity contribution in [3.8, 4) is 0 Å². The average molecular weight is 280 g/mol. The van der Waals surface area contributed by atoms with Crippen molar-refractivity contribution in [3.63, 3.8) is 0 Å². The van der Waals surface area contributed by atoms with Crippen molar-refractivity contribution in [2.45, 2.75) is 32.6 Å². The molecule has 1 heterocycles. The normalized spacial score (nSPS) is 19.5. The molecule has 2 nitrogen and oxygen atoms in total. The van der Waals surface area contributed by atoms with Gasteiger partial charge in [0.1, 0.15) is 0 Å². The molecule has 1 unspecified atom stereocenters. The maximum Gasteiger partial charge on any atom is 0.222 e. The minimum absolute atomic E-state index is 0.274. The van der Waals surface area contributed by atoms with Crippen LogP contribution in [0.5, 0.6) is 0 Å². The summed E-state index contributed by atoms with van der Waals surface area (Å²) in [5, 5.41) is 0. The zero-order valence-corrected chi connectivity index (χ0v) is 12.3. The first-order valence-electron chi connectivity index (χ1n) is 7.08. The van der Waals surface area contributed by atoms with Gasteiger partial charge in [0.05, 0.1) is 0 Å². The third-order valence-electron chi connectivity index (χ3n) is 3.84. The molecule has 0 bridgehead atoms. The van der Waals surface area contributed by atoms with Gasteiger partial charge in [0.25, 0.3) is 0 Å². The predicted molar refractivity (Wildman–Crippen MR) is 79.5 cm³/mol. The van der Waals surface area contributed by atoms with E-state index in [4.69, 9.17) is 11.6 Å². The van der Waals surface area contributed by atoms with E-state index in [1.54, 1.807) is 0 Å². The van der Waals surface area contributed by atoms with Crippen LogP contribution in [0.15, 0.2) is 24.3 Å². The number of hydrogen-bond donors (Lipinski definition) is 0. The van der Waals surface area contributed by atoms with Gasteiger partial charge in [-0.05, 0) is 37.7 Å². The Hall–Kier alpha value is -1.02. The molecule has 19 heavy (non-hydrogen) atoms. The summed E-state index contributed by atoms with van der Waals surface area (Å²) in [5.41, 5.74) is 2.50. The Morgan fingerprint density at radius 1 is 1.37 bits per heavy atom. The van der Waals surface area contributed by atoms with Crippen LogP contribution >= 0.6 is 11.6 Å². The summed E-state index contributed by atoms with van der Waals surface area (Å²) in [7, 11) is 0. The van der Waals surface area contributed by atoms with Gasteiger partial charge in [-0.3, -0.25) is 4.79 Å². The van der Waals surface area contributed by atoms with Gasteiger partial charge in [-0.15, -0.1) is 11.6 Å². The van der Waals surface area contributed by atoms with Gasteiger partial charge in [0, 0.05) is 25.4 Å². The van der Waals surface area contributed by atoms with Crippen LogP contribution in [0.25, 0.3) is 0 Å². The Labute approximate surface area is 120 Å². The maximum atomic E-state index is 12.2. The van der Waals surface area contributed by atoms with Crippen molar-refractivity contribution >= 4 is 17.5 Å². The summed E-state index contributed by atoms with van der Waals surface area (Å²) in [6.45, 7) is 3.82. The van der Waals surface area contributed by atoms with E-state index in [-0.39, 0.29) is 5.91 Å². The second-order valence-corrected chi connectivity index (χ2v) is 5.80. The van der Waals surface area contributed by atoms with Crippen molar-refractivity contribution in [1.29, 1.82) is 0 Å². The highest BCUT2D eigenvalue weighted by molar-refractivity contribution is 6.18. The smallest absolute Gasteiger partial charge is 0.222 e. The first-order chi connectivity index (χ1) is 9.19. The summed E-state index contributed by atoms with van der Waals surface area (Å²) in [6.07, 6.45) is 3.69. The van der Waals surface area contributed by atoms with E-state index in [2.05, 4.69) is 31.2 Å². The molecule has 1 aromatic carbocycles. The lowest BCUT2D eigenvalue weighted by atomic mass is 9.99. The number of likely N-dealkylation sites (tertiary alicyclic amines) is 1. The summed E-state index contributed by atoms with van der Waals surface area (Å²) < 4.78 is 0. The topological polar surface area (TPSA) is 20.3 Å². The number of nitrogens with zero attached hydrogens (tertiary/aromatic N) is 1. The third kappa shape index (κ3) is 4.24. The average Bonchev–Trinajstić information content (AvgIpc) is 2.46. The van der Waals surface area contributed by atoms with E-state index >= 15 is 0 Å². The van der Waals surface area contributed by atoms with Crippen LogP contribution in [-0.4, -0.2) is 29.8 Å². The molecule has 0 aromatic heterocycles. The lowest BCUT2D eigenvalue weighted by Gasteiger charge is -2.32. The van der Waals surface area contributed by atoms with Gasteiger partial charge >= 0.3 is 0 Å². The fraction of sp³-hybridized carbons (Fsp3) is 0.562. The molecule has 0 N–H and O–H groups in total. The molecule has 0 radical (unpaired) electrons. The second kappa shape index (κ2) is 6.95. The van der Waals surface area contributed by atoms with Crippen LogP contribution in [-0.2, 0) is 11.2 Å². The Morgan fingerprint density at radius 2 is 2.11 bits per heavy atom. The van der Waals surface area contributed by atoms with Gasteiger partial charge in [-0.2, -0.15) is 0 Å². The summed E-state index contributed by atoms with van der Waals surface area (Å²) in [5.74, 6) is 1.43. The summed E-state index contributed by atoms with van der Waals surface area (Å²) >= 11 is 5.90. The highest BCUT2D eigenvalue weighted by Crippen LogP contribution is 2.18. The highest BCUT2D eigenvalue weighted by atomic mass is 35.5. The molecule has 0 saturated carbocycles. The number of carbonyl (C=O) groups is 1. The molecule has 1 atom stereocenters. The van der Waals surface area contributed by atoms with Gasteiger partial charge in [-0.1, -0.05) is 29.8 Å². The van der Waals surface area contributed by atoms with E-state index in [0.717, 1.165) is 32.4 Å². The second-order valence-electron chi connectivity index (χ2n) is 5.49. The zero-order chi connectivity index (χ0) is 13.7. The van der Waals surface area contributed by atoms with Crippen molar-refractivity contribution in [1.82, 2.24) is 4.90 Å². The molecule has 1 aliphatic rings. The van der Waals surface area contributed by atoms with Gasteiger partial charge in [0.15, 0.2) is 0 Å². The van der Waals surface area contributed by atoms with Crippen LogP contribution in [0.3, 0.4) is 0 Å². The third-order valence-corrected chi connectivity index (χ3v) is 4.27. The van der Waals surface area contributed by atoms with Gasteiger partial charge in [-0.25, -0.2) is 0 Å². The molecular weight excluding hydrogens is 258 g/mol. The number of alkyl halides is 1. The molecular formula is C16H22ClNO. The largest absolute Gasteiger partial charge is 0.342 e. The number of benzene rings is 1. The number of carbonyl (C=O) groups excluding carboxylic acids is 1. The van der Waals surface area contributed by atoms with Crippen molar-refractivity contribution < 1.29 is 4.79 Å². The Kier molecular flexibility index (Phi) is 5.26. The molecule has 2 rings (SSSR count). The maximum absolute atomic E-state index is 12.2. The standard InChI is InChI=1S/C16H22ClNO/c1-13-4-6-14(7-5-13)8-9-16(19)18-10-2-3-15(11-17)12-18/h4-7,15H,2-3,8-12H2,1H3. The van der Waals surface area contributed by atoms with E-state index in [1.807, 2.05) is 4.90 Å². The molecule has 3 heteroatoms. The number of halogens is 1. The number of piperidine rings is 1. The van der Waals surface area contributed by atoms with E-state index in [1.165, 1.54) is 11.1 Å². The Balaban J connectivity index is 1.82. The summed E-state index contributed by atoms with van der Waals surface area (Å²) in [6, 6.07) is 8.43. The lowest BCUT2D eigenvalue weighted by Crippen LogP contribution is -2.40. The van der Waals surface area contributed by atoms with Crippen molar-refractivity contribution in [3.05, 3.63) is 35.4 Å². The molecule has 0 spiro atoms. The number of hydrogen-bond acceptors (Lipinski definition) is 1. The molecule has 1 amide bonds. The quantitative estimate of drug-likeness (QED) is 0.774. The van der Waals surface area contributed by atoms with Crippen molar-refractivity contribution in [2.24, 2.45) is 5.92 Å². The van der Waals surface area contributed by atoms with Crippen molar-refractivity contribution in [2.75, 3.05) is 19.0 Å². The Bertz CT molecular complexity index is 415. The lowest BCUT2D eigenvalue weighted by molar-refractivity contribution is -0.132. The first-order valence-corrected chi connectivity index (χ1v) is 7.62. The van der Waals surface area contributed by atoms with Crippen LogP contribution in [0.4, 0.5) is 0 Å². The van der Waals surface area contributed by atoms with Crippen LogP contribution in [0, 0.1) is 12.8 Å². The summed E-state index contributed by atoms with van der Waals surface area (Å²) in [4.78, 5) is 14.2. The van der Waals surface area contributed by atoms with Crippen LogP contribution < -0.4 is 0 Å². The molecule has 1 fully saturated rings. The molecule has 1 aliphatic heterocycles. The van der Waals surface area contributed by atoms with E-state index < -0.39 is 0 Å². The van der Waals surface area contributed by atoms with Crippen LogP contribution in [0.1, 0.15) is 30.4 Å². The molecule has 1 saturated heterocycles. The molecule has 104 valence electrons. The predicted octanol–water partition coefficient (Wildman–Crippen LogP) is 3.41. The van der Waals surface area contributed by atoms with E-state index in [9.17, 15) is 4.79 Å². The molecule has 0 aliphatic carbocycles. The number of rotatable bonds is 4. The van der Waals surface area contributed by atoms with E-state index in [0.29, 0.717) is 18.2 Å². The molecule has 1 aromatic rings. The fourth-order valence-corrected chi connectivity index (χ4v) is 2.83. The fourth-order valence-electron chi connectivity index (χ4n) is 2.58. The number of amides is 1. The van der Waals surface area contributed by atoms with Gasteiger partial charge in [0.2, 0.25) is 5.91 Å². The minimum atomic E-state index is 0.274. The SMILES string of the molecule is Cc1ccc(CCC(=O)N2CCCC(CCl)C2)cc1. The highest BCUT2D eigenvalue weighted by Gasteiger charge is 2.22. The zero-order valence-electron chi connectivity index (χ0n) is 11.6. The van der Waals surface area contributed by atoms with Gasteiger partial charge < -0.3 is 4.90 Å². The first kappa shape index (κ1) is 14.4. The van der Waals surface area contributed by atoms with Crippen LogP contribution in [0.2, 0.25) is 0 Å². The monoisotopic (exact) mass is 279 g/mol. The minimum Gasteiger partial charge on any atom is -0.342 e. The number of aryl methyl sites for hydroxylation is 2.